The number of rotatable bonds is 10. The predicted octanol–water partition coefficient (Wildman–Crippen LogP) is 6.58. The Morgan fingerprint density at radius 2 is 1.78 bits per heavy atom. The van der Waals surface area contributed by atoms with Crippen LogP contribution in [0.4, 0.5) is 0 Å². The molecule has 0 radical (unpaired) electrons. The van der Waals surface area contributed by atoms with Crippen LogP contribution in [-0.4, -0.2) is 29.6 Å². The zero-order chi connectivity index (χ0) is 26.3. The number of carbonyl (C=O) groups is 2. The third-order valence-corrected chi connectivity index (χ3v) is 6.84. The van der Waals surface area contributed by atoms with E-state index in [1.54, 1.807) is 0 Å². The van der Waals surface area contributed by atoms with E-state index in [2.05, 4.69) is 76.4 Å². The highest BCUT2D eigenvalue weighted by atomic mass is 16.5. The third kappa shape index (κ3) is 7.97. The van der Waals surface area contributed by atoms with Gasteiger partial charge in [0.15, 0.2) is 0 Å². The molecule has 194 valence electrons. The quantitative estimate of drug-likeness (QED) is 0.388. The van der Waals surface area contributed by atoms with Gasteiger partial charge in [0.05, 0.1) is 12.3 Å². The summed E-state index contributed by atoms with van der Waals surface area (Å²) in [6, 6.07) is 8.33. The number of carboxylic acid groups (broad SMARTS) is 1. The molecule has 0 heterocycles. The average Bonchev–Trinajstić information content (AvgIpc) is 2.83. The number of carbonyl (C=O) groups excluding carboxylic acids is 1. The van der Waals surface area contributed by atoms with Crippen molar-refractivity contribution in [1.82, 2.24) is 5.32 Å². The van der Waals surface area contributed by atoms with E-state index in [-0.39, 0.29) is 36.3 Å². The fraction of sp³-hybridized carbons (Fsp3) is 0.484. The van der Waals surface area contributed by atoms with Crippen LogP contribution in [0.1, 0.15) is 65.9 Å². The lowest BCUT2D eigenvalue weighted by molar-refractivity contribution is -0.137. The number of carboxylic acids is 1. The van der Waals surface area contributed by atoms with E-state index < -0.39 is 5.97 Å². The van der Waals surface area contributed by atoms with E-state index in [1.807, 2.05) is 24.3 Å². The van der Waals surface area contributed by atoms with E-state index in [4.69, 9.17) is 9.84 Å². The van der Waals surface area contributed by atoms with Crippen molar-refractivity contribution in [1.29, 1.82) is 0 Å². The molecule has 2 aliphatic carbocycles. The first-order chi connectivity index (χ1) is 17.0. The van der Waals surface area contributed by atoms with Crippen molar-refractivity contribution in [2.75, 3.05) is 6.54 Å². The number of nitrogens with one attached hydrogen (secondary N) is 1. The van der Waals surface area contributed by atoms with E-state index in [9.17, 15) is 9.59 Å². The molecule has 1 aromatic rings. The highest BCUT2D eigenvalue weighted by Crippen LogP contribution is 2.35. The number of hydrogen-bond donors (Lipinski definition) is 2. The van der Waals surface area contributed by atoms with Gasteiger partial charge in [0.25, 0.3) is 0 Å². The van der Waals surface area contributed by atoms with Gasteiger partial charge >= 0.3 is 5.97 Å². The maximum atomic E-state index is 12.3. The summed E-state index contributed by atoms with van der Waals surface area (Å²) in [7, 11) is 0. The summed E-state index contributed by atoms with van der Waals surface area (Å²) in [6.07, 6.45) is 15.2. The maximum absolute atomic E-state index is 12.3. The van der Waals surface area contributed by atoms with Gasteiger partial charge in [0, 0.05) is 6.54 Å². The van der Waals surface area contributed by atoms with Crippen molar-refractivity contribution < 1.29 is 19.4 Å². The summed E-state index contributed by atoms with van der Waals surface area (Å²) in [4.78, 5) is 23.0. The molecule has 0 saturated heterocycles. The number of hydrogen-bond acceptors (Lipinski definition) is 3. The predicted molar refractivity (Wildman–Crippen MR) is 146 cm³/mol. The molecule has 0 aliphatic heterocycles. The average molecular weight is 492 g/mol. The van der Waals surface area contributed by atoms with Crippen LogP contribution in [0.25, 0.3) is 5.57 Å². The summed E-state index contributed by atoms with van der Waals surface area (Å²) in [5.74, 6) is 0.511. The molecular weight excluding hydrogens is 450 g/mol. The van der Waals surface area contributed by atoms with Crippen LogP contribution < -0.4 is 10.1 Å². The number of allylic oxidation sites excluding steroid dienone is 5. The SMILES string of the molecule is CC(C)CC(Oc1ccc(C2=CCC(C(C)(C)C)C=C2)cc1)C1=CCC(C(=O)NCCC(=O)O)C=C1. The highest BCUT2D eigenvalue weighted by molar-refractivity contribution is 5.81. The van der Waals surface area contributed by atoms with E-state index >= 15 is 0 Å². The molecule has 3 rings (SSSR count). The van der Waals surface area contributed by atoms with Crippen LogP contribution in [0.5, 0.6) is 5.75 Å². The van der Waals surface area contributed by atoms with Crippen molar-refractivity contribution >= 4 is 17.4 Å². The fourth-order valence-electron chi connectivity index (χ4n) is 4.54. The van der Waals surface area contributed by atoms with Crippen LogP contribution in [0.2, 0.25) is 0 Å². The summed E-state index contributed by atoms with van der Waals surface area (Å²) >= 11 is 0. The molecule has 1 aromatic carbocycles. The van der Waals surface area contributed by atoms with Gasteiger partial charge in [-0.1, -0.05) is 83.2 Å². The molecule has 5 nitrogen and oxygen atoms in total. The lowest BCUT2D eigenvalue weighted by atomic mass is 9.76. The standard InChI is InChI=1S/C31H41NO4/c1-21(2)20-28(24-6-8-25(9-7-24)30(35)32-19-18-29(33)34)36-27-16-12-23(13-17-27)22-10-14-26(15-11-22)31(3,4)5/h6-8,10-14,16-17,21,25-26,28H,9,15,18-20H2,1-5H3,(H,32,35)(H,33,34). The van der Waals surface area contributed by atoms with Crippen LogP contribution in [0.15, 0.2) is 66.3 Å². The number of aliphatic carboxylic acids is 1. The zero-order valence-corrected chi connectivity index (χ0v) is 22.3. The molecule has 36 heavy (non-hydrogen) atoms. The molecular formula is C31H41NO4. The molecule has 1 amide bonds. The van der Waals surface area contributed by atoms with Crippen LogP contribution in [0, 0.1) is 23.2 Å². The Morgan fingerprint density at radius 3 is 2.31 bits per heavy atom. The highest BCUT2D eigenvalue weighted by Gasteiger charge is 2.24. The maximum Gasteiger partial charge on any atom is 0.305 e. The second-order valence-corrected chi connectivity index (χ2v) is 11.3. The van der Waals surface area contributed by atoms with Gasteiger partial charge in [-0.3, -0.25) is 9.59 Å². The molecule has 0 aromatic heterocycles. The number of ether oxygens (including phenoxy) is 1. The minimum atomic E-state index is -0.917. The molecule has 3 unspecified atom stereocenters. The smallest absolute Gasteiger partial charge is 0.305 e. The molecule has 3 atom stereocenters. The van der Waals surface area contributed by atoms with Crippen LogP contribution in [-0.2, 0) is 9.59 Å². The Kier molecular flexibility index (Phi) is 9.36. The largest absolute Gasteiger partial charge is 0.486 e. The van der Waals surface area contributed by atoms with Crippen LogP contribution in [0.3, 0.4) is 0 Å². The molecule has 2 aliphatic rings. The summed E-state index contributed by atoms with van der Waals surface area (Å²) in [5.41, 5.74) is 3.80. The second-order valence-electron chi connectivity index (χ2n) is 11.3. The third-order valence-electron chi connectivity index (χ3n) is 6.84. The first-order valence-corrected chi connectivity index (χ1v) is 13.1. The van der Waals surface area contributed by atoms with Gasteiger partial charge in [0.2, 0.25) is 5.91 Å². The van der Waals surface area contributed by atoms with Gasteiger partial charge in [-0.2, -0.15) is 0 Å². The Bertz CT molecular complexity index is 1040. The molecule has 0 fully saturated rings. The number of amides is 1. The normalized spacial score (nSPS) is 20.5. The molecule has 0 saturated carbocycles. The van der Waals surface area contributed by atoms with Crippen LogP contribution >= 0.6 is 0 Å². The number of benzene rings is 1. The minimum absolute atomic E-state index is 0.0721. The minimum Gasteiger partial charge on any atom is -0.486 e. The zero-order valence-electron chi connectivity index (χ0n) is 22.3. The van der Waals surface area contributed by atoms with Gasteiger partial charge in [0.1, 0.15) is 11.9 Å². The summed E-state index contributed by atoms with van der Waals surface area (Å²) < 4.78 is 6.43. The topological polar surface area (TPSA) is 75.6 Å². The van der Waals surface area contributed by atoms with Crippen molar-refractivity contribution in [2.24, 2.45) is 23.2 Å². The molecule has 0 bridgehead atoms. The van der Waals surface area contributed by atoms with Crippen molar-refractivity contribution in [3.63, 3.8) is 0 Å². The van der Waals surface area contributed by atoms with Crippen molar-refractivity contribution in [3.8, 4) is 5.75 Å². The second kappa shape index (κ2) is 12.2. The Hall–Kier alpha value is -3.08. The lowest BCUT2D eigenvalue weighted by Gasteiger charge is -2.29. The van der Waals surface area contributed by atoms with Crippen molar-refractivity contribution in [3.05, 3.63) is 71.9 Å². The molecule has 0 spiro atoms. The first kappa shape index (κ1) is 27.5. The summed E-state index contributed by atoms with van der Waals surface area (Å²) in [6.45, 7) is 11.4. The van der Waals surface area contributed by atoms with E-state index in [0.29, 0.717) is 18.3 Å². The van der Waals surface area contributed by atoms with Gasteiger partial charge < -0.3 is 15.2 Å². The van der Waals surface area contributed by atoms with Gasteiger partial charge in [-0.05, 0) is 65.4 Å². The lowest BCUT2D eigenvalue weighted by Crippen LogP contribution is -2.32. The van der Waals surface area contributed by atoms with E-state index in [0.717, 1.165) is 24.2 Å². The molecule has 5 heteroatoms. The van der Waals surface area contributed by atoms with Gasteiger partial charge in [-0.25, -0.2) is 0 Å². The van der Waals surface area contributed by atoms with E-state index in [1.165, 1.54) is 11.1 Å². The molecule has 2 N–H and O–H groups in total. The van der Waals surface area contributed by atoms with Crippen molar-refractivity contribution in [2.45, 2.75) is 66.4 Å². The first-order valence-electron chi connectivity index (χ1n) is 13.1. The Morgan fingerprint density at radius 1 is 1.06 bits per heavy atom. The Labute approximate surface area is 216 Å². The Balaban J connectivity index is 1.61. The summed E-state index contributed by atoms with van der Waals surface area (Å²) in [5, 5.41) is 11.4. The fourth-order valence-corrected chi connectivity index (χ4v) is 4.54. The van der Waals surface area contributed by atoms with Gasteiger partial charge in [-0.15, -0.1) is 0 Å². The monoisotopic (exact) mass is 491 g/mol.